The summed E-state index contributed by atoms with van der Waals surface area (Å²) in [6.07, 6.45) is 22.2. The lowest BCUT2D eigenvalue weighted by atomic mass is 9.62. The van der Waals surface area contributed by atoms with E-state index in [1.807, 2.05) is 6.20 Å². The number of carbonyl (C=O) groups excluding carboxylic acids is 1. The van der Waals surface area contributed by atoms with Crippen molar-refractivity contribution in [3.8, 4) is 0 Å². The van der Waals surface area contributed by atoms with E-state index >= 15 is 0 Å². The zero-order chi connectivity index (χ0) is 31.6. The summed E-state index contributed by atoms with van der Waals surface area (Å²) in [5, 5.41) is 20.5. The monoisotopic (exact) mass is 613 g/mol. The molecular formula is C38H51N3O4. The largest absolute Gasteiger partial charge is 0.458 e. The first kappa shape index (κ1) is 31.9. The number of allylic oxidation sites excluding steroid dienone is 3. The number of ether oxygens (including phenoxy) is 1. The maximum Gasteiger partial charge on any atom is 0.338 e. The Kier molecular flexibility index (Phi) is 9.49. The van der Waals surface area contributed by atoms with Crippen LogP contribution in [0.25, 0.3) is 0 Å². The minimum atomic E-state index is -0.653. The minimum absolute atomic E-state index is 0.216. The number of rotatable bonds is 11. The molecule has 4 saturated carbocycles. The van der Waals surface area contributed by atoms with Gasteiger partial charge in [0.25, 0.3) is 0 Å². The lowest BCUT2D eigenvalue weighted by Gasteiger charge is -2.42. The SMILES string of the molecule is C=C1/C(=C\C=C2/CCCC3(C)C(CCCC(OC(=O)c4ccncc4)C4(c5ncc(CCC)[nH]5)CC4)CCC23)CC(O)CC1O. The first-order valence-corrected chi connectivity index (χ1v) is 17.3. The zero-order valence-corrected chi connectivity index (χ0v) is 27.1. The number of hydrogen-bond donors (Lipinski definition) is 3. The first-order valence-electron chi connectivity index (χ1n) is 17.3. The molecule has 0 spiro atoms. The van der Waals surface area contributed by atoms with Crippen LogP contribution in [0.5, 0.6) is 0 Å². The van der Waals surface area contributed by atoms with Gasteiger partial charge in [-0.25, -0.2) is 9.78 Å². The van der Waals surface area contributed by atoms with Gasteiger partial charge in [0.2, 0.25) is 0 Å². The van der Waals surface area contributed by atoms with E-state index in [4.69, 9.17) is 9.72 Å². The van der Waals surface area contributed by atoms with Crippen molar-refractivity contribution in [3.63, 3.8) is 0 Å². The standard InChI is InChI=1S/C38H51N3O4/c1-4-7-30-24-40-36(41-30)38(18-19-38)34(45-35(44)27-15-20-39-21-16-27)10-5-9-29-13-14-32-26(8-6-17-37(29,32)3)11-12-28-22-31(42)23-33(43)25(28)2/h11-12,15-16,20-21,24,29,31-34,42-43H,2,4-10,13-14,17-19,22-23H2,1,3H3,(H,40,41)/b26-11+,28-12-. The Morgan fingerprint density at radius 1 is 1.20 bits per heavy atom. The number of carbonyl (C=O) groups is 1. The molecule has 0 aliphatic heterocycles. The van der Waals surface area contributed by atoms with Gasteiger partial charge in [-0.2, -0.15) is 0 Å². The number of pyridine rings is 1. The molecule has 2 aromatic rings. The van der Waals surface area contributed by atoms with Gasteiger partial charge in [0, 0.05) is 30.7 Å². The molecule has 45 heavy (non-hydrogen) atoms. The van der Waals surface area contributed by atoms with Gasteiger partial charge in [-0.05, 0) is 118 Å². The smallest absolute Gasteiger partial charge is 0.338 e. The number of nitrogens with one attached hydrogen (secondary N) is 1. The third-order valence-electron chi connectivity index (χ3n) is 11.6. The number of nitrogens with zero attached hydrogens (tertiary/aromatic N) is 2. The van der Waals surface area contributed by atoms with Crippen molar-refractivity contribution in [2.45, 2.75) is 127 Å². The van der Waals surface area contributed by atoms with Crippen LogP contribution >= 0.6 is 0 Å². The quantitative estimate of drug-likeness (QED) is 0.229. The van der Waals surface area contributed by atoms with Crippen molar-refractivity contribution in [2.75, 3.05) is 0 Å². The molecule has 4 aliphatic rings. The van der Waals surface area contributed by atoms with Crippen LogP contribution in [0.3, 0.4) is 0 Å². The molecule has 7 heteroatoms. The molecule has 7 nitrogen and oxygen atoms in total. The lowest BCUT2D eigenvalue weighted by Crippen LogP contribution is -2.34. The second-order valence-corrected chi connectivity index (χ2v) is 14.5. The number of aliphatic hydroxyl groups excluding tert-OH is 2. The normalized spacial score (nSPS) is 31.6. The Morgan fingerprint density at radius 2 is 2.00 bits per heavy atom. The second kappa shape index (κ2) is 13.4. The van der Waals surface area contributed by atoms with Crippen LogP contribution in [0.4, 0.5) is 0 Å². The van der Waals surface area contributed by atoms with Crippen LogP contribution in [-0.2, 0) is 16.6 Å². The molecule has 3 N–H and O–H groups in total. The van der Waals surface area contributed by atoms with E-state index in [0.717, 1.165) is 74.0 Å². The summed E-state index contributed by atoms with van der Waals surface area (Å²) < 4.78 is 6.33. The Labute approximate surface area is 268 Å². The molecule has 2 aromatic heterocycles. The van der Waals surface area contributed by atoms with Crippen LogP contribution in [0, 0.1) is 17.3 Å². The van der Waals surface area contributed by atoms with Gasteiger partial charge in [0.15, 0.2) is 0 Å². The molecule has 0 aromatic carbocycles. The summed E-state index contributed by atoms with van der Waals surface area (Å²) in [4.78, 5) is 25.7. The van der Waals surface area contributed by atoms with Gasteiger partial charge < -0.3 is 19.9 Å². The van der Waals surface area contributed by atoms with Crippen molar-refractivity contribution >= 4 is 5.97 Å². The zero-order valence-electron chi connectivity index (χ0n) is 27.1. The fourth-order valence-electron chi connectivity index (χ4n) is 8.82. The maximum atomic E-state index is 13.3. The molecular weight excluding hydrogens is 562 g/mol. The van der Waals surface area contributed by atoms with E-state index in [2.05, 4.69) is 42.5 Å². The van der Waals surface area contributed by atoms with Gasteiger partial charge in [-0.1, -0.05) is 44.6 Å². The summed E-state index contributed by atoms with van der Waals surface area (Å²) in [6, 6.07) is 3.45. The molecule has 0 bridgehead atoms. The Bertz CT molecular complexity index is 1420. The molecule has 4 fully saturated rings. The predicted molar refractivity (Wildman–Crippen MR) is 176 cm³/mol. The number of aromatic amines is 1. The Balaban J connectivity index is 1.14. The molecule has 6 unspecified atom stereocenters. The van der Waals surface area contributed by atoms with Crippen molar-refractivity contribution < 1.29 is 19.7 Å². The highest BCUT2D eigenvalue weighted by Gasteiger charge is 2.55. The van der Waals surface area contributed by atoms with Crippen LogP contribution in [0.1, 0.15) is 119 Å². The summed E-state index contributed by atoms with van der Waals surface area (Å²) >= 11 is 0. The first-order chi connectivity index (χ1) is 21.7. The minimum Gasteiger partial charge on any atom is -0.458 e. The van der Waals surface area contributed by atoms with E-state index in [1.165, 1.54) is 31.3 Å². The number of esters is 1. The highest BCUT2D eigenvalue weighted by Crippen LogP contribution is 2.59. The summed E-state index contributed by atoms with van der Waals surface area (Å²) in [7, 11) is 0. The number of aliphatic hydroxyl groups is 2. The van der Waals surface area contributed by atoms with E-state index in [9.17, 15) is 15.0 Å². The van der Waals surface area contributed by atoms with Crippen LogP contribution < -0.4 is 0 Å². The van der Waals surface area contributed by atoms with Crippen LogP contribution in [0.2, 0.25) is 0 Å². The molecule has 0 radical (unpaired) electrons. The van der Waals surface area contributed by atoms with Gasteiger partial charge in [0.1, 0.15) is 11.9 Å². The molecule has 242 valence electrons. The maximum absolute atomic E-state index is 13.3. The number of fused-ring (bicyclic) bond motifs is 1. The van der Waals surface area contributed by atoms with E-state index in [1.54, 1.807) is 24.5 Å². The van der Waals surface area contributed by atoms with E-state index in [0.29, 0.717) is 30.2 Å². The average molecular weight is 614 g/mol. The Morgan fingerprint density at radius 3 is 2.76 bits per heavy atom. The summed E-state index contributed by atoms with van der Waals surface area (Å²) in [5.74, 6) is 1.90. The number of H-pyrrole nitrogens is 1. The molecule has 6 atom stereocenters. The van der Waals surface area contributed by atoms with Crippen molar-refractivity contribution in [3.05, 3.63) is 83.3 Å². The second-order valence-electron chi connectivity index (χ2n) is 14.5. The summed E-state index contributed by atoms with van der Waals surface area (Å²) in [5.41, 5.74) is 4.99. The third-order valence-corrected chi connectivity index (χ3v) is 11.6. The van der Waals surface area contributed by atoms with Gasteiger partial charge in [-0.3, -0.25) is 4.98 Å². The van der Waals surface area contributed by atoms with Gasteiger partial charge >= 0.3 is 5.97 Å². The molecule has 2 heterocycles. The van der Waals surface area contributed by atoms with Crippen molar-refractivity contribution in [1.82, 2.24) is 15.0 Å². The summed E-state index contributed by atoms with van der Waals surface area (Å²) in [6.45, 7) is 8.78. The third kappa shape index (κ3) is 6.62. The molecule has 0 saturated heterocycles. The predicted octanol–water partition coefficient (Wildman–Crippen LogP) is 7.33. The number of aryl methyl sites for hydroxylation is 1. The molecule has 6 rings (SSSR count). The number of aromatic nitrogens is 3. The van der Waals surface area contributed by atoms with Crippen LogP contribution in [-0.4, -0.2) is 49.4 Å². The molecule has 4 aliphatic carbocycles. The van der Waals surface area contributed by atoms with Gasteiger partial charge in [0.05, 0.1) is 23.2 Å². The Hall–Kier alpha value is -3.03. The highest BCUT2D eigenvalue weighted by atomic mass is 16.5. The topological polar surface area (TPSA) is 108 Å². The van der Waals surface area contributed by atoms with Crippen molar-refractivity contribution in [2.24, 2.45) is 17.3 Å². The fourth-order valence-corrected chi connectivity index (χ4v) is 8.82. The number of imidazole rings is 1. The van der Waals surface area contributed by atoms with E-state index < -0.39 is 12.2 Å². The lowest BCUT2D eigenvalue weighted by molar-refractivity contribution is 0.0147. The fraction of sp³-hybridized carbons (Fsp3) is 0.605. The molecule has 0 amide bonds. The van der Waals surface area contributed by atoms with E-state index in [-0.39, 0.29) is 22.9 Å². The van der Waals surface area contributed by atoms with Gasteiger partial charge in [-0.15, -0.1) is 0 Å². The highest BCUT2D eigenvalue weighted by molar-refractivity contribution is 5.89. The average Bonchev–Trinajstić information content (AvgIpc) is 3.58. The number of hydrogen-bond acceptors (Lipinski definition) is 6. The van der Waals surface area contributed by atoms with Crippen LogP contribution in [0.15, 0.2) is 66.2 Å². The van der Waals surface area contributed by atoms with Crippen molar-refractivity contribution in [1.29, 1.82) is 0 Å².